The van der Waals surface area contributed by atoms with Crippen molar-refractivity contribution in [2.75, 3.05) is 26.2 Å². The Kier molecular flexibility index (Phi) is 10.3. The number of hydrogen-bond donors (Lipinski definition) is 3. The summed E-state index contributed by atoms with van der Waals surface area (Å²) in [5.41, 5.74) is 2.11. The lowest BCUT2D eigenvalue weighted by Gasteiger charge is -2.19. The Hall–Kier alpha value is -1.14. The average molecular weight is 258 g/mol. The Labute approximate surface area is 109 Å². The van der Waals surface area contributed by atoms with E-state index in [2.05, 4.69) is 15.6 Å². The number of nitrogens with zero attached hydrogens (tertiary/aromatic N) is 1. The fraction of sp³-hybridized carbons (Fsp3) is 0.833. The average Bonchev–Trinajstić information content (AvgIpc) is 2.36. The zero-order valence-corrected chi connectivity index (χ0v) is 11.5. The summed E-state index contributed by atoms with van der Waals surface area (Å²) in [4.78, 5) is 24.4. The molecular formula is C12H26N4O2. The van der Waals surface area contributed by atoms with Crippen LogP contribution in [-0.4, -0.2) is 42.9 Å². The maximum atomic E-state index is 11.4. The van der Waals surface area contributed by atoms with E-state index < -0.39 is 0 Å². The summed E-state index contributed by atoms with van der Waals surface area (Å²) in [6, 6.07) is 0. The fourth-order valence-electron chi connectivity index (χ4n) is 1.68. The maximum absolute atomic E-state index is 11.4. The van der Waals surface area contributed by atoms with E-state index in [1.165, 1.54) is 0 Å². The van der Waals surface area contributed by atoms with Crippen LogP contribution in [0.5, 0.6) is 0 Å². The molecule has 0 atom stereocenters. The van der Waals surface area contributed by atoms with E-state index in [1.54, 1.807) is 0 Å². The Morgan fingerprint density at radius 2 is 1.83 bits per heavy atom. The Morgan fingerprint density at radius 1 is 1.11 bits per heavy atom. The minimum absolute atomic E-state index is 0.0712. The molecule has 0 spiro atoms. The highest BCUT2D eigenvalue weighted by molar-refractivity contribution is 5.77. The third kappa shape index (κ3) is 8.95. The molecular weight excluding hydrogens is 232 g/mol. The first kappa shape index (κ1) is 16.9. The number of hydrazine groups is 1. The molecule has 0 saturated carbocycles. The fourth-order valence-corrected chi connectivity index (χ4v) is 1.68. The molecule has 0 rings (SSSR count). The van der Waals surface area contributed by atoms with E-state index in [1.807, 2.05) is 13.8 Å². The smallest absolute Gasteiger partial charge is 0.234 e. The van der Waals surface area contributed by atoms with Crippen LogP contribution in [0.3, 0.4) is 0 Å². The highest BCUT2D eigenvalue weighted by Gasteiger charge is 2.07. The normalized spacial score (nSPS) is 10.4. The standard InChI is InChI=1S/C12H26N4O2/c1-3-14-12(18)10-16(4-2)9-7-5-6-8-11(17)15-13/h3-10,13H2,1-2H3,(H,14,18)(H,15,17). The number of likely N-dealkylation sites (N-methyl/N-ethyl adjacent to an activating group) is 2. The molecule has 0 bridgehead atoms. The largest absolute Gasteiger partial charge is 0.355 e. The predicted octanol–water partition coefficient (Wildman–Crippen LogP) is -0.00530. The van der Waals surface area contributed by atoms with Gasteiger partial charge in [0, 0.05) is 13.0 Å². The lowest BCUT2D eigenvalue weighted by Crippen LogP contribution is -2.37. The summed E-state index contributed by atoms with van der Waals surface area (Å²) < 4.78 is 0. The van der Waals surface area contributed by atoms with Gasteiger partial charge in [0.25, 0.3) is 0 Å². The molecule has 18 heavy (non-hydrogen) atoms. The van der Waals surface area contributed by atoms with Crippen molar-refractivity contribution in [3.8, 4) is 0 Å². The van der Waals surface area contributed by atoms with Gasteiger partial charge in [-0.1, -0.05) is 13.3 Å². The third-order valence-corrected chi connectivity index (χ3v) is 2.73. The van der Waals surface area contributed by atoms with Crippen molar-refractivity contribution in [2.24, 2.45) is 5.84 Å². The molecule has 0 fully saturated rings. The van der Waals surface area contributed by atoms with Crippen molar-refractivity contribution in [2.45, 2.75) is 39.5 Å². The van der Waals surface area contributed by atoms with Crippen molar-refractivity contribution in [3.63, 3.8) is 0 Å². The lowest BCUT2D eigenvalue weighted by atomic mass is 10.2. The molecule has 0 heterocycles. The molecule has 4 N–H and O–H groups in total. The van der Waals surface area contributed by atoms with Gasteiger partial charge < -0.3 is 5.32 Å². The summed E-state index contributed by atoms with van der Waals surface area (Å²) in [5, 5.41) is 2.79. The molecule has 0 aromatic carbocycles. The van der Waals surface area contributed by atoms with Gasteiger partial charge in [0.2, 0.25) is 11.8 Å². The third-order valence-electron chi connectivity index (χ3n) is 2.73. The van der Waals surface area contributed by atoms with E-state index in [9.17, 15) is 9.59 Å². The number of rotatable bonds is 10. The monoisotopic (exact) mass is 258 g/mol. The summed E-state index contributed by atoms with van der Waals surface area (Å²) >= 11 is 0. The molecule has 0 radical (unpaired) electrons. The summed E-state index contributed by atoms with van der Waals surface area (Å²) in [6.45, 7) is 6.83. The van der Waals surface area contributed by atoms with Crippen LogP contribution >= 0.6 is 0 Å². The second-order valence-electron chi connectivity index (χ2n) is 4.20. The van der Waals surface area contributed by atoms with Crippen LogP contribution in [0.1, 0.15) is 39.5 Å². The van der Waals surface area contributed by atoms with Crippen LogP contribution in [0, 0.1) is 0 Å². The van der Waals surface area contributed by atoms with E-state index in [0.717, 1.165) is 32.4 Å². The molecule has 6 nitrogen and oxygen atoms in total. The van der Waals surface area contributed by atoms with Crippen molar-refractivity contribution in [3.05, 3.63) is 0 Å². The highest BCUT2D eigenvalue weighted by Crippen LogP contribution is 2.01. The van der Waals surface area contributed by atoms with Gasteiger partial charge in [0.1, 0.15) is 0 Å². The number of carbonyl (C=O) groups is 2. The second kappa shape index (κ2) is 11.0. The van der Waals surface area contributed by atoms with Gasteiger partial charge in [-0.25, -0.2) is 5.84 Å². The van der Waals surface area contributed by atoms with Crippen LogP contribution in [0.4, 0.5) is 0 Å². The SMILES string of the molecule is CCNC(=O)CN(CC)CCCCCC(=O)NN. The minimum Gasteiger partial charge on any atom is -0.355 e. The van der Waals surface area contributed by atoms with Gasteiger partial charge in [-0.15, -0.1) is 0 Å². The molecule has 6 heteroatoms. The van der Waals surface area contributed by atoms with Gasteiger partial charge in [-0.05, 0) is 32.9 Å². The Bertz CT molecular complexity index is 246. The molecule has 0 aromatic rings. The van der Waals surface area contributed by atoms with Gasteiger partial charge in [0.05, 0.1) is 6.54 Å². The molecule has 106 valence electrons. The summed E-state index contributed by atoms with van der Waals surface area (Å²) in [7, 11) is 0. The van der Waals surface area contributed by atoms with Crippen molar-refractivity contribution in [1.29, 1.82) is 0 Å². The van der Waals surface area contributed by atoms with Crippen molar-refractivity contribution >= 4 is 11.8 Å². The molecule has 2 amide bonds. The van der Waals surface area contributed by atoms with Crippen LogP contribution < -0.4 is 16.6 Å². The number of carbonyl (C=O) groups excluding carboxylic acids is 2. The van der Waals surface area contributed by atoms with Gasteiger partial charge in [0.15, 0.2) is 0 Å². The molecule has 0 aromatic heterocycles. The van der Waals surface area contributed by atoms with E-state index in [-0.39, 0.29) is 11.8 Å². The minimum atomic E-state index is -0.121. The van der Waals surface area contributed by atoms with Crippen LogP contribution in [0.25, 0.3) is 0 Å². The first-order chi connectivity index (χ1) is 8.63. The van der Waals surface area contributed by atoms with E-state index in [4.69, 9.17) is 5.84 Å². The molecule has 0 aliphatic carbocycles. The predicted molar refractivity (Wildman–Crippen MR) is 71.6 cm³/mol. The molecule has 0 unspecified atom stereocenters. The Balaban J connectivity index is 3.61. The van der Waals surface area contributed by atoms with Gasteiger partial charge >= 0.3 is 0 Å². The van der Waals surface area contributed by atoms with Crippen LogP contribution in [0.2, 0.25) is 0 Å². The number of amides is 2. The van der Waals surface area contributed by atoms with Gasteiger partial charge in [-0.2, -0.15) is 0 Å². The first-order valence-electron chi connectivity index (χ1n) is 6.62. The van der Waals surface area contributed by atoms with E-state index in [0.29, 0.717) is 19.5 Å². The number of unbranched alkanes of at least 4 members (excludes halogenated alkanes) is 2. The summed E-state index contributed by atoms with van der Waals surface area (Å²) in [6.07, 6.45) is 3.27. The second-order valence-corrected chi connectivity index (χ2v) is 4.20. The summed E-state index contributed by atoms with van der Waals surface area (Å²) in [5.74, 6) is 4.94. The number of nitrogens with one attached hydrogen (secondary N) is 2. The van der Waals surface area contributed by atoms with Crippen molar-refractivity contribution < 1.29 is 9.59 Å². The zero-order valence-electron chi connectivity index (χ0n) is 11.5. The zero-order chi connectivity index (χ0) is 13.8. The number of nitrogens with two attached hydrogens (primary N) is 1. The van der Waals surface area contributed by atoms with Crippen LogP contribution in [-0.2, 0) is 9.59 Å². The molecule has 0 saturated heterocycles. The maximum Gasteiger partial charge on any atom is 0.234 e. The molecule has 0 aliphatic rings. The van der Waals surface area contributed by atoms with E-state index >= 15 is 0 Å². The highest BCUT2D eigenvalue weighted by atomic mass is 16.2. The van der Waals surface area contributed by atoms with Crippen LogP contribution in [0.15, 0.2) is 0 Å². The van der Waals surface area contributed by atoms with Crippen molar-refractivity contribution in [1.82, 2.24) is 15.6 Å². The van der Waals surface area contributed by atoms with Gasteiger partial charge in [-0.3, -0.25) is 19.9 Å². The number of hydrogen-bond acceptors (Lipinski definition) is 4. The first-order valence-corrected chi connectivity index (χ1v) is 6.62. The topological polar surface area (TPSA) is 87.5 Å². The molecule has 0 aliphatic heterocycles. The Morgan fingerprint density at radius 3 is 2.39 bits per heavy atom. The quantitative estimate of drug-likeness (QED) is 0.223. The lowest BCUT2D eigenvalue weighted by molar-refractivity contribution is -0.122.